The summed E-state index contributed by atoms with van der Waals surface area (Å²) in [5, 5.41) is 8.14. The molecule has 2 saturated heterocycles. The molecule has 0 N–H and O–H groups in total. The Morgan fingerprint density at radius 2 is 1.12 bits per heavy atom. The van der Waals surface area contributed by atoms with Gasteiger partial charge in [0.2, 0.25) is 23.6 Å². The van der Waals surface area contributed by atoms with Crippen molar-refractivity contribution in [3.05, 3.63) is 72.8 Å². The molecule has 0 saturated carbocycles. The number of imide groups is 2. The third-order valence-electron chi connectivity index (χ3n) is 5.37. The molecule has 2 aromatic carbocycles. The van der Waals surface area contributed by atoms with Gasteiger partial charge in [0.25, 0.3) is 11.8 Å². The fourth-order valence-electron chi connectivity index (χ4n) is 3.75. The van der Waals surface area contributed by atoms with Crippen molar-refractivity contribution in [2.24, 2.45) is 0 Å². The van der Waals surface area contributed by atoms with Crippen LogP contribution in [0.25, 0.3) is 22.9 Å². The summed E-state index contributed by atoms with van der Waals surface area (Å²) in [6.45, 7) is 7.25. The molecule has 33 heavy (non-hydrogen) atoms. The monoisotopic (exact) mass is 440 g/mol. The summed E-state index contributed by atoms with van der Waals surface area (Å²) < 4.78 is 5.81. The molecule has 0 spiro atoms. The lowest BCUT2D eigenvalue weighted by Crippen LogP contribution is -2.28. The van der Waals surface area contributed by atoms with Crippen LogP contribution in [-0.4, -0.2) is 33.8 Å². The molecule has 9 nitrogen and oxygen atoms in total. The van der Waals surface area contributed by atoms with Crippen LogP contribution in [0.1, 0.15) is 12.8 Å². The zero-order chi connectivity index (χ0) is 23.3. The molecule has 2 aliphatic rings. The standard InChI is InChI=1S/C24H16N4O5/c1-13-9-19(29)27(23(13)31)17-7-3-5-15(11-17)21-25-26-22(33-21)16-6-4-8-18(12-16)28-20(30)10-14(2)24(28)32/h3-8,11-12H,1-2,9-10H2. The third kappa shape index (κ3) is 3.35. The highest BCUT2D eigenvalue weighted by molar-refractivity contribution is 6.28. The Balaban J connectivity index is 1.45. The lowest BCUT2D eigenvalue weighted by atomic mass is 10.2. The highest BCUT2D eigenvalue weighted by Gasteiger charge is 2.35. The molecule has 0 unspecified atom stereocenters. The number of hydrogen-bond acceptors (Lipinski definition) is 7. The maximum atomic E-state index is 12.3. The van der Waals surface area contributed by atoms with Crippen LogP contribution in [0.15, 0.2) is 77.3 Å². The number of benzene rings is 2. The van der Waals surface area contributed by atoms with Gasteiger partial charge in [-0.2, -0.15) is 0 Å². The molecule has 0 aliphatic carbocycles. The van der Waals surface area contributed by atoms with Gasteiger partial charge >= 0.3 is 0 Å². The fourth-order valence-corrected chi connectivity index (χ4v) is 3.75. The number of carbonyl (C=O) groups excluding carboxylic acids is 4. The van der Waals surface area contributed by atoms with Crippen LogP contribution >= 0.6 is 0 Å². The molecule has 4 amide bonds. The van der Waals surface area contributed by atoms with Gasteiger partial charge in [-0.15, -0.1) is 10.2 Å². The summed E-state index contributed by atoms with van der Waals surface area (Å²) in [4.78, 5) is 51.0. The van der Waals surface area contributed by atoms with Gasteiger partial charge in [0, 0.05) is 22.3 Å². The zero-order valence-corrected chi connectivity index (χ0v) is 17.3. The number of carbonyl (C=O) groups is 4. The van der Waals surface area contributed by atoms with E-state index in [2.05, 4.69) is 23.4 Å². The first-order valence-corrected chi connectivity index (χ1v) is 9.98. The Bertz CT molecular complexity index is 1300. The Morgan fingerprint density at radius 1 is 0.697 bits per heavy atom. The van der Waals surface area contributed by atoms with Crippen molar-refractivity contribution >= 4 is 35.0 Å². The van der Waals surface area contributed by atoms with E-state index >= 15 is 0 Å². The Morgan fingerprint density at radius 3 is 1.48 bits per heavy atom. The van der Waals surface area contributed by atoms with E-state index in [4.69, 9.17) is 4.42 Å². The van der Waals surface area contributed by atoms with Gasteiger partial charge in [0.05, 0.1) is 24.2 Å². The second-order valence-corrected chi connectivity index (χ2v) is 7.64. The minimum Gasteiger partial charge on any atom is -0.416 e. The lowest BCUT2D eigenvalue weighted by molar-refractivity contribution is -0.122. The average Bonchev–Trinajstić information content (AvgIpc) is 3.45. The van der Waals surface area contributed by atoms with E-state index in [-0.39, 0.29) is 47.6 Å². The van der Waals surface area contributed by atoms with Crippen molar-refractivity contribution in [3.8, 4) is 22.9 Å². The first-order valence-electron chi connectivity index (χ1n) is 9.98. The van der Waals surface area contributed by atoms with Gasteiger partial charge in [-0.25, -0.2) is 9.80 Å². The van der Waals surface area contributed by atoms with Crippen LogP contribution in [0.4, 0.5) is 11.4 Å². The highest BCUT2D eigenvalue weighted by Crippen LogP contribution is 2.32. The largest absolute Gasteiger partial charge is 0.416 e. The highest BCUT2D eigenvalue weighted by atomic mass is 16.4. The minimum atomic E-state index is -0.436. The summed E-state index contributed by atoms with van der Waals surface area (Å²) in [6, 6.07) is 13.3. The molecular weight excluding hydrogens is 424 g/mol. The van der Waals surface area contributed by atoms with Crippen molar-refractivity contribution in [2.75, 3.05) is 9.80 Å². The van der Waals surface area contributed by atoms with Gasteiger partial charge < -0.3 is 4.42 Å². The molecule has 3 heterocycles. The van der Waals surface area contributed by atoms with Crippen molar-refractivity contribution in [3.63, 3.8) is 0 Å². The summed E-state index contributed by atoms with van der Waals surface area (Å²) in [7, 11) is 0. The lowest BCUT2D eigenvalue weighted by Gasteiger charge is -2.14. The predicted molar refractivity (Wildman–Crippen MR) is 118 cm³/mol. The average molecular weight is 440 g/mol. The number of hydrogen-bond donors (Lipinski definition) is 0. The molecule has 5 rings (SSSR count). The molecule has 1 aromatic heterocycles. The number of nitrogens with zero attached hydrogens (tertiary/aromatic N) is 4. The SMILES string of the molecule is C=C1CC(=O)N(c2cccc(-c3nnc(-c4cccc(N5C(=O)CC(=C)C5=O)c4)o3)c2)C1=O. The number of aromatic nitrogens is 2. The van der Waals surface area contributed by atoms with Crippen LogP contribution < -0.4 is 9.80 Å². The number of amides is 4. The van der Waals surface area contributed by atoms with Gasteiger partial charge in [0.15, 0.2) is 0 Å². The zero-order valence-electron chi connectivity index (χ0n) is 17.3. The Kier molecular flexibility index (Phi) is 4.59. The van der Waals surface area contributed by atoms with E-state index < -0.39 is 11.8 Å². The molecule has 162 valence electrons. The Hall–Kier alpha value is -4.66. The van der Waals surface area contributed by atoms with Gasteiger partial charge in [-0.3, -0.25) is 19.2 Å². The van der Waals surface area contributed by atoms with E-state index in [0.717, 1.165) is 9.80 Å². The van der Waals surface area contributed by atoms with E-state index in [9.17, 15) is 19.2 Å². The molecule has 0 bridgehead atoms. The summed E-state index contributed by atoms with van der Waals surface area (Å²) in [6.07, 6.45) is -0.0288. The Labute approximate surface area is 187 Å². The molecular formula is C24H16N4O5. The topological polar surface area (TPSA) is 114 Å². The maximum absolute atomic E-state index is 12.3. The maximum Gasteiger partial charge on any atom is 0.260 e. The summed E-state index contributed by atoms with van der Waals surface area (Å²) in [5.41, 5.74) is 2.28. The minimum absolute atomic E-state index is 0.0144. The van der Waals surface area contributed by atoms with Gasteiger partial charge in [0.1, 0.15) is 0 Å². The van der Waals surface area contributed by atoms with E-state index in [0.29, 0.717) is 22.5 Å². The first kappa shape index (κ1) is 20.3. The quantitative estimate of drug-likeness (QED) is 0.452. The molecule has 0 atom stereocenters. The van der Waals surface area contributed by atoms with Gasteiger partial charge in [-0.05, 0) is 36.4 Å². The number of anilines is 2. The molecule has 3 aromatic rings. The second-order valence-electron chi connectivity index (χ2n) is 7.64. The molecule has 9 heteroatoms. The van der Waals surface area contributed by atoms with Crippen molar-refractivity contribution in [1.82, 2.24) is 10.2 Å². The van der Waals surface area contributed by atoms with E-state index in [1.54, 1.807) is 48.5 Å². The van der Waals surface area contributed by atoms with Crippen LogP contribution in [0.2, 0.25) is 0 Å². The van der Waals surface area contributed by atoms with E-state index in [1.807, 2.05) is 0 Å². The van der Waals surface area contributed by atoms with Crippen LogP contribution in [0, 0.1) is 0 Å². The second kappa shape index (κ2) is 7.49. The normalized spacial score (nSPS) is 16.5. The molecule has 2 aliphatic heterocycles. The smallest absolute Gasteiger partial charge is 0.260 e. The summed E-state index contributed by atoms with van der Waals surface area (Å²) in [5.74, 6) is -1.21. The third-order valence-corrected chi connectivity index (χ3v) is 5.37. The van der Waals surface area contributed by atoms with E-state index in [1.165, 1.54) is 0 Å². The fraction of sp³-hybridized carbons (Fsp3) is 0.0833. The molecule has 2 fully saturated rings. The van der Waals surface area contributed by atoms with Crippen LogP contribution in [-0.2, 0) is 19.2 Å². The van der Waals surface area contributed by atoms with Crippen molar-refractivity contribution in [1.29, 1.82) is 0 Å². The van der Waals surface area contributed by atoms with Crippen LogP contribution in [0.3, 0.4) is 0 Å². The van der Waals surface area contributed by atoms with Gasteiger partial charge in [-0.1, -0.05) is 25.3 Å². The van der Waals surface area contributed by atoms with Crippen LogP contribution in [0.5, 0.6) is 0 Å². The predicted octanol–water partition coefficient (Wildman–Crippen LogP) is 3.04. The molecule has 0 radical (unpaired) electrons. The van der Waals surface area contributed by atoms with Crippen molar-refractivity contribution < 1.29 is 23.6 Å². The summed E-state index contributed by atoms with van der Waals surface area (Å²) >= 11 is 0. The van der Waals surface area contributed by atoms with Crippen molar-refractivity contribution in [2.45, 2.75) is 12.8 Å². The number of rotatable bonds is 4. The first-order chi connectivity index (χ1) is 15.8.